The number of piperidine rings is 1. The van der Waals surface area contributed by atoms with E-state index in [1.807, 2.05) is 4.90 Å². The molecule has 0 aromatic carbocycles. The Labute approximate surface area is 123 Å². The number of rotatable bonds is 5. The van der Waals surface area contributed by atoms with E-state index in [0.29, 0.717) is 18.4 Å². The van der Waals surface area contributed by atoms with Gasteiger partial charge in [-0.3, -0.25) is 9.59 Å². The van der Waals surface area contributed by atoms with E-state index in [0.717, 1.165) is 38.8 Å². The highest BCUT2D eigenvalue weighted by Crippen LogP contribution is 2.32. The minimum atomic E-state index is -0.0638. The molecule has 2 fully saturated rings. The Morgan fingerprint density at radius 2 is 2.14 bits per heavy atom. The van der Waals surface area contributed by atoms with Gasteiger partial charge in [-0.1, -0.05) is 5.21 Å². The molecule has 21 heavy (non-hydrogen) atoms. The quantitative estimate of drug-likeness (QED) is 0.831. The summed E-state index contributed by atoms with van der Waals surface area (Å²) < 4.78 is 1.50. The van der Waals surface area contributed by atoms with Crippen LogP contribution in [0.25, 0.3) is 0 Å². The number of nitrogens with one attached hydrogen (secondary N) is 1. The number of aromatic nitrogens is 3. The summed E-state index contributed by atoms with van der Waals surface area (Å²) in [5, 5.41) is 10.4. The molecule has 1 aliphatic carbocycles. The van der Waals surface area contributed by atoms with Crippen LogP contribution in [0.4, 0.5) is 0 Å². The lowest BCUT2D eigenvalue weighted by Crippen LogP contribution is -2.44. The number of hydrogen-bond donors (Lipinski definition) is 1. The number of amides is 2. The topological polar surface area (TPSA) is 80.1 Å². The van der Waals surface area contributed by atoms with Gasteiger partial charge >= 0.3 is 0 Å². The zero-order valence-electron chi connectivity index (χ0n) is 12.1. The van der Waals surface area contributed by atoms with Crippen LogP contribution in [0.5, 0.6) is 0 Å². The first-order valence-electron chi connectivity index (χ1n) is 7.62. The summed E-state index contributed by atoms with van der Waals surface area (Å²) >= 11 is 0. The third kappa shape index (κ3) is 3.80. The van der Waals surface area contributed by atoms with E-state index < -0.39 is 0 Å². The third-order valence-corrected chi connectivity index (χ3v) is 4.12. The zero-order valence-corrected chi connectivity index (χ0v) is 12.1. The van der Waals surface area contributed by atoms with Gasteiger partial charge in [0.15, 0.2) is 0 Å². The van der Waals surface area contributed by atoms with Gasteiger partial charge in [-0.15, -0.1) is 5.10 Å². The van der Waals surface area contributed by atoms with Gasteiger partial charge in [-0.2, -0.15) is 0 Å². The number of hydrogen-bond acceptors (Lipinski definition) is 4. The van der Waals surface area contributed by atoms with Crippen molar-refractivity contribution in [1.29, 1.82) is 0 Å². The molecule has 1 saturated carbocycles. The second kappa shape index (κ2) is 6.24. The first-order valence-corrected chi connectivity index (χ1v) is 7.62. The molecule has 1 aliphatic heterocycles. The molecule has 1 aromatic heterocycles. The molecule has 1 saturated heterocycles. The van der Waals surface area contributed by atoms with Crippen LogP contribution in [0, 0.1) is 11.8 Å². The molecule has 114 valence electrons. The standard InChI is InChI=1S/C14H21N5O2/c20-13(10-19-7-5-16-17-19)15-8-11-2-1-6-18(9-11)14(21)12-3-4-12/h5,7,11-12H,1-4,6,8-10H2,(H,15,20)/t11-/m1/s1. The zero-order chi connectivity index (χ0) is 14.7. The Balaban J connectivity index is 1.42. The molecule has 7 heteroatoms. The van der Waals surface area contributed by atoms with Crippen LogP contribution in [0.2, 0.25) is 0 Å². The summed E-state index contributed by atoms with van der Waals surface area (Å²) in [4.78, 5) is 25.9. The van der Waals surface area contributed by atoms with Crippen LogP contribution >= 0.6 is 0 Å². The van der Waals surface area contributed by atoms with E-state index in [4.69, 9.17) is 0 Å². The maximum atomic E-state index is 12.1. The van der Waals surface area contributed by atoms with Crippen molar-refractivity contribution < 1.29 is 9.59 Å². The molecule has 0 bridgehead atoms. The fraction of sp³-hybridized carbons (Fsp3) is 0.714. The van der Waals surface area contributed by atoms with E-state index >= 15 is 0 Å². The number of nitrogens with zero attached hydrogens (tertiary/aromatic N) is 4. The van der Waals surface area contributed by atoms with Crippen LogP contribution in [-0.4, -0.2) is 51.3 Å². The van der Waals surface area contributed by atoms with Crippen LogP contribution in [0.3, 0.4) is 0 Å². The SMILES string of the molecule is O=C(Cn1ccnn1)NC[C@H]1CCCN(C(=O)C2CC2)C1. The molecule has 2 amide bonds. The minimum absolute atomic E-state index is 0.0638. The Morgan fingerprint density at radius 1 is 1.29 bits per heavy atom. The van der Waals surface area contributed by atoms with Crippen molar-refractivity contribution in [3.8, 4) is 0 Å². The highest BCUT2D eigenvalue weighted by molar-refractivity contribution is 5.81. The lowest BCUT2D eigenvalue weighted by atomic mass is 9.97. The molecular weight excluding hydrogens is 270 g/mol. The Hall–Kier alpha value is -1.92. The molecule has 0 spiro atoms. The van der Waals surface area contributed by atoms with Crippen LogP contribution in [0.15, 0.2) is 12.4 Å². The lowest BCUT2D eigenvalue weighted by molar-refractivity contribution is -0.134. The first-order chi connectivity index (χ1) is 10.2. The summed E-state index contributed by atoms with van der Waals surface area (Å²) in [6.07, 6.45) is 7.41. The van der Waals surface area contributed by atoms with Gasteiger partial charge in [0.05, 0.1) is 6.20 Å². The average molecular weight is 291 g/mol. The first kappa shape index (κ1) is 14.0. The Kier molecular flexibility index (Phi) is 4.17. The summed E-state index contributed by atoms with van der Waals surface area (Å²) in [5.41, 5.74) is 0. The molecule has 1 N–H and O–H groups in total. The monoisotopic (exact) mass is 291 g/mol. The van der Waals surface area contributed by atoms with Gasteiger partial charge in [0.1, 0.15) is 6.54 Å². The Bertz CT molecular complexity index is 497. The van der Waals surface area contributed by atoms with Gasteiger partial charge in [-0.05, 0) is 31.6 Å². The third-order valence-electron chi connectivity index (χ3n) is 4.12. The van der Waals surface area contributed by atoms with E-state index in [1.54, 1.807) is 12.4 Å². The average Bonchev–Trinajstić information content (AvgIpc) is 3.23. The van der Waals surface area contributed by atoms with E-state index in [1.165, 1.54) is 4.68 Å². The molecule has 1 aromatic rings. The molecule has 2 aliphatic rings. The summed E-state index contributed by atoms with van der Waals surface area (Å²) in [7, 11) is 0. The van der Waals surface area contributed by atoms with Gasteiger partial charge in [0.2, 0.25) is 11.8 Å². The molecule has 3 rings (SSSR count). The largest absolute Gasteiger partial charge is 0.354 e. The van der Waals surface area contributed by atoms with Gasteiger partial charge in [-0.25, -0.2) is 4.68 Å². The van der Waals surface area contributed by atoms with Crippen molar-refractivity contribution in [3.05, 3.63) is 12.4 Å². The van der Waals surface area contributed by atoms with E-state index in [-0.39, 0.29) is 18.4 Å². The lowest BCUT2D eigenvalue weighted by Gasteiger charge is -2.33. The number of carbonyl (C=O) groups excluding carboxylic acids is 2. The van der Waals surface area contributed by atoms with Gasteiger partial charge < -0.3 is 10.2 Å². The fourth-order valence-electron chi connectivity index (χ4n) is 2.80. The van der Waals surface area contributed by atoms with Gasteiger partial charge in [0, 0.05) is 31.7 Å². The van der Waals surface area contributed by atoms with Crippen molar-refractivity contribution in [3.63, 3.8) is 0 Å². The van der Waals surface area contributed by atoms with Crippen LogP contribution < -0.4 is 5.32 Å². The summed E-state index contributed by atoms with van der Waals surface area (Å²) in [6, 6.07) is 0. The van der Waals surface area contributed by atoms with E-state index in [2.05, 4.69) is 15.6 Å². The summed E-state index contributed by atoms with van der Waals surface area (Å²) in [5.74, 6) is 0.895. The fourth-order valence-corrected chi connectivity index (χ4v) is 2.80. The molecule has 2 heterocycles. The predicted octanol–water partition coefficient (Wildman–Crippen LogP) is 0.0429. The molecule has 0 radical (unpaired) electrons. The van der Waals surface area contributed by atoms with Crippen molar-refractivity contribution in [2.45, 2.75) is 32.2 Å². The predicted molar refractivity (Wildman–Crippen MR) is 75.1 cm³/mol. The Morgan fingerprint density at radius 3 is 2.86 bits per heavy atom. The maximum Gasteiger partial charge on any atom is 0.241 e. The second-order valence-corrected chi connectivity index (χ2v) is 5.97. The highest BCUT2D eigenvalue weighted by atomic mass is 16.2. The second-order valence-electron chi connectivity index (χ2n) is 5.97. The number of likely N-dealkylation sites (tertiary alicyclic amines) is 1. The molecule has 0 unspecified atom stereocenters. The van der Waals surface area contributed by atoms with Crippen molar-refractivity contribution in [2.75, 3.05) is 19.6 Å². The normalized spacial score (nSPS) is 22.1. The number of carbonyl (C=O) groups is 2. The molecule has 1 atom stereocenters. The maximum absolute atomic E-state index is 12.1. The van der Waals surface area contributed by atoms with Gasteiger partial charge in [0.25, 0.3) is 0 Å². The van der Waals surface area contributed by atoms with Crippen molar-refractivity contribution in [1.82, 2.24) is 25.2 Å². The van der Waals surface area contributed by atoms with Crippen LogP contribution in [-0.2, 0) is 16.1 Å². The minimum Gasteiger partial charge on any atom is -0.354 e. The molecule has 7 nitrogen and oxygen atoms in total. The van der Waals surface area contributed by atoms with Crippen LogP contribution in [0.1, 0.15) is 25.7 Å². The molecular formula is C14H21N5O2. The van der Waals surface area contributed by atoms with Crippen molar-refractivity contribution in [2.24, 2.45) is 11.8 Å². The van der Waals surface area contributed by atoms with E-state index in [9.17, 15) is 9.59 Å². The van der Waals surface area contributed by atoms with Crippen molar-refractivity contribution >= 4 is 11.8 Å². The highest BCUT2D eigenvalue weighted by Gasteiger charge is 2.35. The smallest absolute Gasteiger partial charge is 0.241 e. The summed E-state index contributed by atoms with van der Waals surface area (Å²) in [6.45, 7) is 2.47.